The Labute approximate surface area is 101 Å². The zero-order chi connectivity index (χ0) is 12.8. The van der Waals surface area contributed by atoms with Crippen LogP contribution in [0.5, 0.6) is 5.75 Å². The van der Waals surface area contributed by atoms with Gasteiger partial charge in [-0.15, -0.1) is 12.3 Å². The summed E-state index contributed by atoms with van der Waals surface area (Å²) < 4.78 is 0. The number of amides is 1. The number of nitrogens with two attached hydrogens (primary N) is 1. The highest BCUT2D eigenvalue weighted by Crippen LogP contribution is 2.11. The van der Waals surface area contributed by atoms with Crippen molar-refractivity contribution in [3.63, 3.8) is 0 Å². The number of likely N-dealkylation sites (N-methyl/N-ethyl adjacent to an activating group) is 1. The average Bonchev–Trinajstić information content (AvgIpc) is 2.31. The summed E-state index contributed by atoms with van der Waals surface area (Å²) in [4.78, 5) is 13.3. The lowest BCUT2D eigenvalue weighted by Gasteiger charge is -2.20. The van der Waals surface area contributed by atoms with Gasteiger partial charge in [0.15, 0.2) is 0 Å². The van der Waals surface area contributed by atoms with E-state index in [-0.39, 0.29) is 18.1 Å². The molecule has 0 radical (unpaired) electrons. The van der Waals surface area contributed by atoms with Crippen molar-refractivity contribution in [3.8, 4) is 18.1 Å². The number of hydrogen-bond donors (Lipinski definition) is 2. The molecule has 1 amide bonds. The van der Waals surface area contributed by atoms with Crippen LogP contribution in [0.3, 0.4) is 0 Å². The maximum Gasteiger partial charge on any atom is 0.240 e. The third-order valence-corrected chi connectivity index (χ3v) is 2.39. The van der Waals surface area contributed by atoms with Gasteiger partial charge in [0.05, 0.1) is 6.04 Å². The highest BCUT2D eigenvalue weighted by molar-refractivity contribution is 5.81. The molecule has 0 heterocycles. The van der Waals surface area contributed by atoms with Crippen LogP contribution in [0.2, 0.25) is 0 Å². The zero-order valence-electron chi connectivity index (χ0n) is 9.76. The van der Waals surface area contributed by atoms with E-state index in [2.05, 4.69) is 5.92 Å². The molecular weight excluding hydrogens is 216 g/mol. The Hall–Kier alpha value is -1.99. The number of hydrogen-bond acceptors (Lipinski definition) is 3. The first kappa shape index (κ1) is 13.1. The van der Waals surface area contributed by atoms with Crippen molar-refractivity contribution < 1.29 is 9.90 Å². The number of benzene rings is 1. The van der Waals surface area contributed by atoms with Gasteiger partial charge in [0.25, 0.3) is 0 Å². The third-order valence-electron chi connectivity index (χ3n) is 2.39. The van der Waals surface area contributed by atoms with Crippen molar-refractivity contribution in [2.75, 3.05) is 7.05 Å². The molecule has 1 aromatic carbocycles. The fourth-order valence-electron chi connectivity index (χ4n) is 1.45. The van der Waals surface area contributed by atoms with Gasteiger partial charge < -0.3 is 15.7 Å². The predicted molar refractivity (Wildman–Crippen MR) is 66.0 cm³/mol. The van der Waals surface area contributed by atoms with E-state index >= 15 is 0 Å². The average molecular weight is 232 g/mol. The summed E-state index contributed by atoms with van der Waals surface area (Å²) in [5, 5.41) is 9.14. The predicted octanol–water partition coefficient (Wildman–Crippen LogP) is 0.701. The van der Waals surface area contributed by atoms with E-state index in [4.69, 9.17) is 17.3 Å². The molecule has 0 aromatic heterocycles. The Morgan fingerprint density at radius 1 is 1.53 bits per heavy atom. The van der Waals surface area contributed by atoms with Crippen LogP contribution in [-0.2, 0) is 11.3 Å². The molecule has 1 aromatic rings. The van der Waals surface area contributed by atoms with E-state index in [1.54, 1.807) is 31.3 Å². The number of phenols is 1. The Balaban J connectivity index is 2.60. The molecule has 0 saturated heterocycles. The number of carbonyl (C=O) groups excluding carboxylic acids is 1. The molecular formula is C13H16N2O2. The smallest absolute Gasteiger partial charge is 0.240 e. The van der Waals surface area contributed by atoms with Crippen molar-refractivity contribution in [1.82, 2.24) is 4.90 Å². The minimum Gasteiger partial charge on any atom is -0.508 e. The van der Waals surface area contributed by atoms with E-state index in [0.717, 1.165) is 5.56 Å². The monoisotopic (exact) mass is 232 g/mol. The minimum atomic E-state index is -0.651. The van der Waals surface area contributed by atoms with Crippen LogP contribution in [0.25, 0.3) is 0 Å². The largest absolute Gasteiger partial charge is 0.508 e. The number of rotatable bonds is 4. The van der Waals surface area contributed by atoms with Gasteiger partial charge in [-0.25, -0.2) is 0 Å². The standard InChI is InChI=1S/C13H16N2O2/c1-3-4-12(14)13(17)15(2)9-10-5-7-11(16)8-6-10/h1,5-8,12,16H,4,9,14H2,2H3. The second-order valence-electron chi connectivity index (χ2n) is 3.88. The first-order chi connectivity index (χ1) is 8.04. The van der Waals surface area contributed by atoms with Gasteiger partial charge in [0.2, 0.25) is 5.91 Å². The van der Waals surface area contributed by atoms with Crippen LogP contribution in [0, 0.1) is 12.3 Å². The molecule has 0 aliphatic heterocycles. The summed E-state index contributed by atoms with van der Waals surface area (Å²) in [6.07, 6.45) is 5.34. The fraction of sp³-hybridized carbons (Fsp3) is 0.308. The van der Waals surface area contributed by atoms with Gasteiger partial charge in [-0.2, -0.15) is 0 Å². The quantitative estimate of drug-likeness (QED) is 0.751. The van der Waals surface area contributed by atoms with Gasteiger partial charge in [0.1, 0.15) is 5.75 Å². The molecule has 90 valence electrons. The van der Waals surface area contributed by atoms with Crippen LogP contribution in [0.4, 0.5) is 0 Å². The summed E-state index contributed by atoms with van der Waals surface area (Å²) >= 11 is 0. The second-order valence-corrected chi connectivity index (χ2v) is 3.88. The van der Waals surface area contributed by atoms with Crippen molar-refractivity contribution >= 4 is 5.91 Å². The molecule has 1 rings (SSSR count). The highest BCUT2D eigenvalue weighted by Gasteiger charge is 2.16. The summed E-state index contributed by atoms with van der Waals surface area (Å²) in [7, 11) is 1.67. The van der Waals surface area contributed by atoms with Gasteiger partial charge in [-0.1, -0.05) is 12.1 Å². The molecule has 0 aliphatic carbocycles. The maximum absolute atomic E-state index is 11.8. The summed E-state index contributed by atoms with van der Waals surface area (Å²) in [5.41, 5.74) is 6.56. The highest BCUT2D eigenvalue weighted by atomic mass is 16.3. The first-order valence-electron chi connectivity index (χ1n) is 5.26. The summed E-state index contributed by atoms with van der Waals surface area (Å²) in [6.45, 7) is 0.442. The topological polar surface area (TPSA) is 66.6 Å². The van der Waals surface area contributed by atoms with E-state index in [1.165, 1.54) is 4.90 Å². The molecule has 4 nitrogen and oxygen atoms in total. The van der Waals surface area contributed by atoms with Crippen molar-refractivity contribution in [2.45, 2.75) is 19.0 Å². The van der Waals surface area contributed by atoms with Crippen LogP contribution < -0.4 is 5.73 Å². The van der Waals surface area contributed by atoms with Crippen LogP contribution >= 0.6 is 0 Å². The lowest BCUT2D eigenvalue weighted by molar-refractivity contribution is -0.131. The zero-order valence-corrected chi connectivity index (χ0v) is 9.76. The van der Waals surface area contributed by atoms with E-state index in [1.807, 2.05) is 0 Å². The van der Waals surface area contributed by atoms with Crippen molar-refractivity contribution in [2.24, 2.45) is 5.73 Å². The SMILES string of the molecule is C#CCC(N)C(=O)N(C)Cc1ccc(O)cc1. The molecule has 17 heavy (non-hydrogen) atoms. The van der Waals surface area contributed by atoms with Crippen LogP contribution in [0.1, 0.15) is 12.0 Å². The van der Waals surface area contributed by atoms with Crippen LogP contribution in [-0.4, -0.2) is 29.0 Å². The van der Waals surface area contributed by atoms with E-state index in [0.29, 0.717) is 6.54 Å². The fourth-order valence-corrected chi connectivity index (χ4v) is 1.45. The Bertz CT molecular complexity index is 420. The molecule has 0 aliphatic rings. The lowest BCUT2D eigenvalue weighted by atomic mass is 10.1. The molecule has 0 spiro atoms. The maximum atomic E-state index is 11.8. The number of phenolic OH excluding ortho intramolecular Hbond substituents is 1. The normalized spacial score (nSPS) is 11.6. The number of aromatic hydroxyl groups is 1. The molecule has 1 atom stereocenters. The van der Waals surface area contributed by atoms with Gasteiger partial charge in [0, 0.05) is 20.0 Å². The Morgan fingerprint density at radius 2 is 2.12 bits per heavy atom. The van der Waals surface area contributed by atoms with E-state index in [9.17, 15) is 4.79 Å². The second kappa shape index (κ2) is 5.92. The molecule has 0 bridgehead atoms. The molecule has 4 heteroatoms. The third kappa shape index (κ3) is 3.82. The number of nitrogens with zero attached hydrogens (tertiary/aromatic N) is 1. The summed E-state index contributed by atoms with van der Waals surface area (Å²) in [5.74, 6) is 2.39. The van der Waals surface area contributed by atoms with Gasteiger partial charge >= 0.3 is 0 Å². The van der Waals surface area contributed by atoms with Gasteiger partial charge in [-0.3, -0.25) is 4.79 Å². The molecule has 1 unspecified atom stereocenters. The molecule has 3 N–H and O–H groups in total. The van der Waals surface area contributed by atoms with E-state index < -0.39 is 6.04 Å². The van der Waals surface area contributed by atoms with Gasteiger partial charge in [-0.05, 0) is 17.7 Å². The van der Waals surface area contributed by atoms with Crippen LogP contribution in [0.15, 0.2) is 24.3 Å². The Kier molecular flexibility index (Phi) is 4.56. The first-order valence-corrected chi connectivity index (χ1v) is 5.26. The number of terminal acetylenes is 1. The molecule has 0 saturated carbocycles. The van der Waals surface area contributed by atoms with Crippen molar-refractivity contribution in [3.05, 3.63) is 29.8 Å². The Morgan fingerprint density at radius 3 is 2.65 bits per heavy atom. The minimum absolute atomic E-state index is 0.184. The lowest BCUT2D eigenvalue weighted by Crippen LogP contribution is -2.41. The van der Waals surface area contributed by atoms with Crippen molar-refractivity contribution in [1.29, 1.82) is 0 Å². The number of carbonyl (C=O) groups is 1. The summed E-state index contributed by atoms with van der Waals surface area (Å²) in [6, 6.07) is 6.02. The molecule has 0 fully saturated rings.